The van der Waals surface area contributed by atoms with Crippen molar-refractivity contribution in [2.75, 3.05) is 20.1 Å². The zero-order chi connectivity index (χ0) is 13.9. The highest BCUT2D eigenvalue weighted by Crippen LogP contribution is 2.33. The predicted molar refractivity (Wildman–Crippen MR) is 77.8 cm³/mol. The summed E-state index contributed by atoms with van der Waals surface area (Å²) in [7, 11) is 1.87. The predicted octanol–water partition coefficient (Wildman–Crippen LogP) is 1.49. The molecule has 2 rings (SSSR count). The van der Waals surface area contributed by atoms with E-state index >= 15 is 0 Å². The average Bonchev–Trinajstić information content (AvgIpc) is 2.37. The standard InChI is InChI=1S/C15H29N3O/c1-3-18(11-12-6-4-7-12)13-8-5-9-15(10-13,17-2)14(16)19/h12-13,17H,3-11H2,1-2H3,(H2,16,19). The van der Waals surface area contributed by atoms with Gasteiger partial charge >= 0.3 is 0 Å². The number of nitrogens with one attached hydrogen (secondary N) is 1. The van der Waals surface area contributed by atoms with Gasteiger partial charge in [0, 0.05) is 12.6 Å². The lowest BCUT2D eigenvalue weighted by Crippen LogP contribution is -2.60. The first kappa shape index (κ1) is 14.8. The van der Waals surface area contributed by atoms with Crippen molar-refractivity contribution < 1.29 is 4.79 Å². The maximum absolute atomic E-state index is 11.8. The highest BCUT2D eigenvalue weighted by Gasteiger charge is 2.41. The third-order valence-electron chi connectivity index (χ3n) is 5.32. The molecule has 0 aromatic heterocycles. The minimum absolute atomic E-state index is 0.181. The Balaban J connectivity index is 1.99. The van der Waals surface area contributed by atoms with E-state index in [-0.39, 0.29) is 5.91 Å². The quantitative estimate of drug-likeness (QED) is 0.766. The molecule has 0 spiro atoms. The molecule has 0 radical (unpaired) electrons. The molecule has 2 aliphatic carbocycles. The fourth-order valence-corrected chi connectivity index (χ4v) is 3.67. The third kappa shape index (κ3) is 3.11. The van der Waals surface area contributed by atoms with Crippen LogP contribution in [0.25, 0.3) is 0 Å². The van der Waals surface area contributed by atoms with E-state index < -0.39 is 5.54 Å². The van der Waals surface area contributed by atoms with E-state index in [1.807, 2.05) is 7.05 Å². The van der Waals surface area contributed by atoms with E-state index in [4.69, 9.17) is 5.73 Å². The number of primary amides is 1. The summed E-state index contributed by atoms with van der Waals surface area (Å²) in [5.74, 6) is 0.707. The second-order valence-electron chi connectivity index (χ2n) is 6.33. The largest absolute Gasteiger partial charge is 0.368 e. The van der Waals surface area contributed by atoms with Crippen molar-refractivity contribution in [3.63, 3.8) is 0 Å². The Hall–Kier alpha value is -0.610. The van der Waals surface area contributed by atoms with Crippen molar-refractivity contribution in [1.29, 1.82) is 0 Å². The fourth-order valence-electron chi connectivity index (χ4n) is 3.67. The molecular weight excluding hydrogens is 238 g/mol. The van der Waals surface area contributed by atoms with Gasteiger partial charge in [0.05, 0.1) is 5.54 Å². The number of nitrogens with two attached hydrogens (primary N) is 1. The van der Waals surface area contributed by atoms with Crippen molar-refractivity contribution >= 4 is 5.91 Å². The highest BCUT2D eigenvalue weighted by atomic mass is 16.1. The van der Waals surface area contributed by atoms with Crippen LogP contribution in [0.15, 0.2) is 0 Å². The minimum atomic E-state index is -0.476. The summed E-state index contributed by atoms with van der Waals surface area (Å²) in [6.45, 7) is 4.53. The smallest absolute Gasteiger partial charge is 0.237 e. The van der Waals surface area contributed by atoms with Gasteiger partial charge in [-0.3, -0.25) is 4.79 Å². The third-order valence-corrected chi connectivity index (χ3v) is 5.32. The van der Waals surface area contributed by atoms with Gasteiger partial charge in [-0.05, 0) is 58.0 Å². The van der Waals surface area contributed by atoms with Crippen molar-refractivity contribution in [2.45, 2.75) is 63.5 Å². The van der Waals surface area contributed by atoms with Crippen LogP contribution in [0.4, 0.5) is 0 Å². The van der Waals surface area contributed by atoms with E-state index in [0.717, 1.165) is 31.7 Å². The average molecular weight is 267 g/mol. The Labute approximate surface area is 117 Å². The number of likely N-dealkylation sites (N-methyl/N-ethyl adjacent to an activating group) is 1. The fraction of sp³-hybridized carbons (Fsp3) is 0.933. The SMILES string of the molecule is CCN(CC1CCC1)C1CCCC(NC)(C(N)=O)C1. The molecule has 110 valence electrons. The first-order chi connectivity index (χ1) is 9.11. The Morgan fingerprint density at radius 2 is 2.11 bits per heavy atom. The Bertz CT molecular complexity index is 317. The van der Waals surface area contributed by atoms with Gasteiger partial charge in [0.15, 0.2) is 0 Å². The summed E-state index contributed by atoms with van der Waals surface area (Å²) in [5, 5.41) is 3.21. The van der Waals surface area contributed by atoms with Crippen LogP contribution in [-0.2, 0) is 4.79 Å². The molecule has 3 N–H and O–H groups in total. The molecule has 0 saturated heterocycles. The number of rotatable bonds is 6. The van der Waals surface area contributed by atoms with E-state index in [1.54, 1.807) is 0 Å². The molecule has 2 saturated carbocycles. The van der Waals surface area contributed by atoms with E-state index in [2.05, 4.69) is 17.1 Å². The first-order valence-corrected chi connectivity index (χ1v) is 7.84. The molecule has 2 unspecified atom stereocenters. The van der Waals surface area contributed by atoms with Crippen LogP contribution in [0.2, 0.25) is 0 Å². The molecular formula is C15H29N3O. The molecule has 0 heterocycles. The lowest BCUT2D eigenvalue weighted by Gasteiger charge is -2.44. The monoisotopic (exact) mass is 267 g/mol. The summed E-state index contributed by atoms with van der Waals surface area (Å²) < 4.78 is 0. The molecule has 2 atom stereocenters. The van der Waals surface area contributed by atoms with Gasteiger partial charge in [0.1, 0.15) is 0 Å². The lowest BCUT2D eigenvalue weighted by atomic mass is 9.77. The van der Waals surface area contributed by atoms with Crippen LogP contribution >= 0.6 is 0 Å². The second kappa shape index (κ2) is 6.23. The van der Waals surface area contributed by atoms with Gasteiger partial charge in [0.2, 0.25) is 5.91 Å². The van der Waals surface area contributed by atoms with Gasteiger partial charge in [-0.1, -0.05) is 13.3 Å². The molecule has 0 bridgehead atoms. The van der Waals surface area contributed by atoms with Crippen LogP contribution in [0.3, 0.4) is 0 Å². The maximum Gasteiger partial charge on any atom is 0.237 e. The van der Waals surface area contributed by atoms with Gasteiger partial charge in [-0.2, -0.15) is 0 Å². The summed E-state index contributed by atoms with van der Waals surface area (Å²) in [6, 6.07) is 0.513. The molecule has 0 aromatic carbocycles. The molecule has 2 fully saturated rings. The van der Waals surface area contributed by atoms with Crippen molar-refractivity contribution in [1.82, 2.24) is 10.2 Å². The molecule has 4 nitrogen and oxygen atoms in total. The number of hydrogen-bond acceptors (Lipinski definition) is 3. The molecule has 19 heavy (non-hydrogen) atoms. The van der Waals surface area contributed by atoms with Gasteiger partial charge in [-0.15, -0.1) is 0 Å². The highest BCUT2D eigenvalue weighted by molar-refractivity contribution is 5.84. The Kier molecular flexibility index (Phi) is 4.85. The second-order valence-corrected chi connectivity index (χ2v) is 6.33. The molecule has 1 amide bonds. The minimum Gasteiger partial charge on any atom is -0.368 e. The molecule has 4 heteroatoms. The van der Waals surface area contributed by atoms with E-state index in [9.17, 15) is 4.79 Å². The van der Waals surface area contributed by atoms with Crippen molar-refractivity contribution in [2.24, 2.45) is 11.7 Å². The van der Waals surface area contributed by atoms with Crippen molar-refractivity contribution in [3.05, 3.63) is 0 Å². The van der Waals surface area contributed by atoms with Gasteiger partial charge < -0.3 is 16.0 Å². The van der Waals surface area contributed by atoms with E-state index in [1.165, 1.54) is 32.2 Å². The summed E-state index contributed by atoms with van der Waals surface area (Å²) in [4.78, 5) is 14.4. The summed E-state index contributed by atoms with van der Waals surface area (Å²) in [5.41, 5.74) is 5.16. The normalized spacial score (nSPS) is 32.3. The number of carbonyl (C=O) groups excluding carboxylic acids is 1. The number of carbonyl (C=O) groups is 1. The summed E-state index contributed by atoms with van der Waals surface area (Å²) >= 11 is 0. The Morgan fingerprint density at radius 1 is 1.37 bits per heavy atom. The van der Waals surface area contributed by atoms with Gasteiger partial charge in [-0.25, -0.2) is 0 Å². The number of hydrogen-bond donors (Lipinski definition) is 2. The zero-order valence-electron chi connectivity index (χ0n) is 12.5. The summed E-state index contributed by atoms with van der Waals surface area (Å²) in [6.07, 6.45) is 8.23. The number of amides is 1. The van der Waals surface area contributed by atoms with Crippen LogP contribution in [0.1, 0.15) is 51.9 Å². The van der Waals surface area contributed by atoms with Crippen molar-refractivity contribution in [3.8, 4) is 0 Å². The van der Waals surface area contributed by atoms with Gasteiger partial charge in [0.25, 0.3) is 0 Å². The topological polar surface area (TPSA) is 58.4 Å². The zero-order valence-corrected chi connectivity index (χ0v) is 12.5. The first-order valence-electron chi connectivity index (χ1n) is 7.84. The van der Waals surface area contributed by atoms with Crippen LogP contribution in [-0.4, -0.2) is 42.5 Å². The molecule has 0 aliphatic heterocycles. The molecule has 2 aliphatic rings. The van der Waals surface area contributed by atoms with Crippen LogP contribution in [0, 0.1) is 5.92 Å². The van der Waals surface area contributed by atoms with Crippen LogP contribution < -0.4 is 11.1 Å². The Morgan fingerprint density at radius 3 is 2.58 bits per heavy atom. The van der Waals surface area contributed by atoms with Crippen LogP contribution in [0.5, 0.6) is 0 Å². The van der Waals surface area contributed by atoms with E-state index in [0.29, 0.717) is 6.04 Å². The lowest BCUT2D eigenvalue weighted by molar-refractivity contribution is -0.126. The maximum atomic E-state index is 11.8. The number of nitrogens with zero attached hydrogens (tertiary/aromatic N) is 1. The molecule has 0 aromatic rings.